The molecule has 0 spiro atoms. The van der Waals surface area contributed by atoms with E-state index in [0.717, 1.165) is 51.8 Å². The van der Waals surface area contributed by atoms with Gasteiger partial charge in [-0.3, -0.25) is 0 Å². The van der Waals surface area contributed by atoms with Crippen LogP contribution in [0.4, 0.5) is 0 Å². The van der Waals surface area contributed by atoms with Crippen LogP contribution in [0.5, 0.6) is 0 Å². The maximum atomic E-state index is 5.28. The molecule has 0 bridgehead atoms. The molecule has 0 radical (unpaired) electrons. The summed E-state index contributed by atoms with van der Waals surface area (Å²) in [7, 11) is 0. The minimum absolute atomic E-state index is 0.651. The van der Waals surface area contributed by atoms with Crippen LogP contribution in [0.2, 0.25) is 0 Å². The fourth-order valence-electron chi connectivity index (χ4n) is 8.92. The Kier molecular flexibility index (Phi) is 16.2. The molecular weight excluding hydrogens is 799 g/mol. The lowest BCUT2D eigenvalue weighted by Crippen LogP contribution is -2.01. The Morgan fingerprint density at radius 2 is 0.515 bits per heavy atom. The van der Waals surface area contributed by atoms with Gasteiger partial charge in [0.1, 0.15) is 0 Å². The Balaban J connectivity index is 1.17. The van der Waals surface area contributed by atoms with Gasteiger partial charge in [0.25, 0.3) is 0 Å². The van der Waals surface area contributed by atoms with Crippen molar-refractivity contribution in [2.75, 3.05) is 0 Å². The van der Waals surface area contributed by atoms with Crippen molar-refractivity contribution in [3.05, 3.63) is 186 Å². The number of aryl methyl sites for hydroxylation is 4. The molecular formula is C63H67N3. The van der Waals surface area contributed by atoms with Gasteiger partial charge in [0, 0.05) is 16.7 Å². The summed E-state index contributed by atoms with van der Waals surface area (Å²) in [5.74, 6) is 1.96. The molecule has 0 saturated carbocycles. The molecule has 0 fully saturated rings. The van der Waals surface area contributed by atoms with Crippen molar-refractivity contribution in [2.45, 2.75) is 118 Å². The van der Waals surface area contributed by atoms with Crippen molar-refractivity contribution < 1.29 is 0 Å². The molecule has 3 heteroatoms. The summed E-state index contributed by atoms with van der Waals surface area (Å²) >= 11 is 0. The third-order valence-corrected chi connectivity index (χ3v) is 13.1. The first-order chi connectivity index (χ1) is 32.4. The standard InChI is InChI=1S/C63H67N3/c1-5-7-9-11-13-15-17-48-23-31-54(32-24-48)58-43-59(55-33-25-49(26-34-55)18-16-14-12-10-8-6-2)45-60(44-58)63-65-61(56-39-35-52(36-40-56)50-27-19-46(3)20-28-50)64-62(66-63)57-41-37-53(38-42-57)51-29-21-47(4)22-30-51/h19-45H,5-18H2,1-4H3. The highest BCUT2D eigenvalue weighted by Gasteiger charge is 2.16. The van der Waals surface area contributed by atoms with Crippen molar-refractivity contribution in [1.29, 1.82) is 0 Å². The molecule has 1 heterocycles. The van der Waals surface area contributed by atoms with Gasteiger partial charge in [-0.1, -0.05) is 235 Å². The predicted molar refractivity (Wildman–Crippen MR) is 282 cm³/mol. The lowest BCUT2D eigenvalue weighted by molar-refractivity contribution is 0.607. The van der Waals surface area contributed by atoms with E-state index in [-0.39, 0.29) is 0 Å². The molecule has 0 aliphatic rings. The number of hydrogen-bond acceptors (Lipinski definition) is 3. The largest absolute Gasteiger partial charge is 0.208 e. The van der Waals surface area contributed by atoms with Gasteiger partial charge in [-0.15, -0.1) is 0 Å². The van der Waals surface area contributed by atoms with Crippen LogP contribution in [0.1, 0.15) is 113 Å². The molecule has 7 aromatic carbocycles. The number of nitrogens with zero attached hydrogens (tertiary/aromatic N) is 3. The number of benzene rings is 7. The number of rotatable bonds is 21. The fourth-order valence-corrected chi connectivity index (χ4v) is 8.92. The molecule has 334 valence electrons. The van der Waals surface area contributed by atoms with Gasteiger partial charge in [0.05, 0.1) is 0 Å². The third kappa shape index (κ3) is 12.5. The summed E-state index contributed by atoms with van der Waals surface area (Å²) in [5, 5.41) is 0. The van der Waals surface area contributed by atoms with Crippen molar-refractivity contribution in [3.8, 4) is 78.7 Å². The lowest BCUT2D eigenvalue weighted by atomic mass is 9.94. The smallest absolute Gasteiger partial charge is 0.164 e. The van der Waals surface area contributed by atoms with E-state index in [2.05, 4.69) is 191 Å². The molecule has 0 amide bonds. The van der Waals surface area contributed by atoms with Crippen LogP contribution in [0, 0.1) is 13.8 Å². The van der Waals surface area contributed by atoms with Gasteiger partial charge >= 0.3 is 0 Å². The van der Waals surface area contributed by atoms with E-state index in [9.17, 15) is 0 Å². The molecule has 8 aromatic rings. The predicted octanol–water partition coefficient (Wildman–Crippen LogP) is 18.0. The number of aromatic nitrogens is 3. The molecule has 0 N–H and O–H groups in total. The van der Waals surface area contributed by atoms with Crippen LogP contribution in [-0.4, -0.2) is 15.0 Å². The normalized spacial score (nSPS) is 11.3. The Hall–Kier alpha value is -6.45. The zero-order chi connectivity index (χ0) is 45.5. The van der Waals surface area contributed by atoms with Crippen molar-refractivity contribution >= 4 is 0 Å². The van der Waals surface area contributed by atoms with Gasteiger partial charge in [0.15, 0.2) is 17.5 Å². The van der Waals surface area contributed by atoms with E-state index in [1.807, 2.05) is 0 Å². The van der Waals surface area contributed by atoms with Crippen molar-refractivity contribution in [3.63, 3.8) is 0 Å². The molecule has 0 aliphatic carbocycles. The van der Waals surface area contributed by atoms with Crippen molar-refractivity contribution in [2.24, 2.45) is 0 Å². The summed E-state index contributed by atoms with van der Waals surface area (Å²) in [6.45, 7) is 8.81. The van der Waals surface area contributed by atoms with E-state index in [0.29, 0.717) is 17.5 Å². The molecule has 0 unspecified atom stereocenters. The molecule has 0 saturated heterocycles. The average Bonchev–Trinajstić information content (AvgIpc) is 3.37. The van der Waals surface area contributed by atoms with Gasteiger partial charge < -0.3 is 0 Å². The Morgan fingerprint density at radius 1 is 0.258 bits per heavy atom. The fraction of sp³-hybridized carbons (Fsp3) is 0.286. The minimum Gasteiger partial charge on any atom is -0.208 e. The van der Waals surface area contributed by atoms with Gasteiger partial charge in [-0.2, -0.15) is 0 Å². The summed E-state index contributed by atoms with van der Waals surface area (Å²) < 4.78 is 0. The van der Waals surface area contributed by atoms with Crippen LogP contribution >= 0.6 is 0 Å². The molecule has 0 aliphatic heterocycles. The maximum absolute atomic E-state index is 5.28. The third-order valence-electron chi connectivity index (χ3n) is 13.1. The van der Waals surface area contributed by atoms with Crippen LogP contribution < -0.4 is 0 Å². The zero-order valence-electron chi connectivity index (χ0n) is 39.8. The second-order valence-corrected chi connectivity index (χ2v) is 18.4. The summed E-state index contributed by atoms with van der Waals surface area (Å²) in [6.07, 6.45) is 17.9. The second kappa shape index (κ2) is 23.1. The number of hydrogen-bond donors (Lipinski definition) is 0. The Morgan fingerprint density at radius 3 is 0.879 bits per heavy atom. The monoisotopic (exact) mass is 866 g/mol. The highest BCUT2D eigenvalue weighted by atomic mass is 15.0. The molecule has 8 rings (SSSR count). The van der Waals surface area contributed by atoms with Crippen LogP contribution in [0.25, 0.3) is 78.7 Å². The second-order valence-electron chi connectivity index (χ2n) is 18.4. The van der Waals surface area contributed by atoms with E-state index < -0.39 is 0 Å². The van der Waals surface area contributed by atoms with Crippen LogP contribution in [-0.2, 0) is 12.8 Å². The quantitative estimate of drug-likeness (QED) is 0.0676. The lowest BCUT2D eigenvalue weighted by Gasteiger charge is -2.13. The van der Waals surface area contributed by atoms with Gasteiger partial charge in [0.2, 0.25) is 0 Å². The number of unbranched alkanes of at least 4 members (excludes halogenated alkanes) is 10. The maximum Gasteiger partial charge on any atom is 0.164 e. The Labute approximate surface area is 395 Å². The zero-order valence-corrected chi connectivity index (χ0v) is 39.8. The summed E-state index contributed by atoms with van der Waals surface area (Å²) in [6, 6.07) is 60.0. The van der Waals surface area contributed by atoms with Gasteiger partial charge in [-0.25, -0.2) is 15.0 Å². The highest BCUT2D eigenvalue weighted by molar-refractivity contribution is 5.81. The van der Waals surface area contributed by atoms with E-state index in [1.165, 1.54) is 122 Å². The van der Waals surface area contributed by atoms with Crippen LogP contribution in [0.3, 0.4) is 0 Å². The Bertz CT molecular complexity index is 2550. The molecule has 0 atom stereocenters. The molecule has 66 heavy (non-hydrogen) atoms. The van der Waals surface area contributed by atoms with Crippen LogP contribution in [0.15, 0.2) is 164 Å². The van der Waals surface area contributed by atoms with E-state index >= 15 is 0 Å². The average molecular weight is 866 g/mol. The van der Waals surface area contributed by atoms with Crippen molar-refractivity contribution in [1.82, 2.24) is 15.0 Å². The molecule has 1 aromatic heterocycles. The summed E-state index contributed by atoms with van der Waals surface area (Å²) in [4.78, 5) is 15.7. The topological polar surface area (TPSA) is 38.7 Å². The van der Waals surface area contributed by atoms with E-state index in [1.54, 1.807) is 0 Å². The molecule has 3 nitrogen and oxygen atoms in total. The first-order valence-electron chi connectivity index (χ1n) is 24.9. The minimum atomic E-state index is 0.651. The first kappa shape index (κ1) is 46.1. The highest BCUT2D eigenvalue weighted by Crippen LogP contribution is 2.35. The van der Waals surface area contributed by atoms with E-state index in [4.69, 9.17) is 15.0 Å². The first-order valence-corrected chi connectivity index (χ1v) is 24.9. The summed E-state index contributed by atoms with van der Waals surface area (Å²) in [5.41, 5.74) is 17.6. The SMILES string of the molecule is CCCCCCCCc1ccc(-c2cc(-c3ccc(CCCCCCCC)cc3)cc(-c3nc(-c4ccc(-c5ccc(C)cc5)cc4)nc(-c4ccc(-c5ccc(C)cc5)cc4)n3)c2)cc1. The van der Waals surface area contributed by atoms with Gasteiger partial charge in [-0.05, 0) is 113 Å².